The third-order valence-corrected chi connectivity index (χ3v) is 4.00. The fourth-order valence-electron chi connectivity index (χ4n) is 1.28. The molecule has 0 fully saturated rings. The average molecular weight is 276 g/mol. The van der Waals surface area contributed by atoms with Gasteiger partial charge in [0.05, 0.1) is 6.61 Å². The van der Waals surface area contributed by atoms with Crippen LogP contribution in [0.5, 0.6) is 0 Å². The van der Waals surface area contributed by atoms with E-state index in [9.17, 15) is 0 Å². The molecule has 1 heterocycles. The van der Waals surface area contributed by atoms with Gasteiger partial charge in [-0.05, 0) is 29.2 Å². The van der Waals surface area contributed by atoms with Gasteiger partial charge in [-0.3, -0.25) is 0 Å². The fourth-order valence-corrected chi connectivity index (χ4v) is 2.68. The van der Waals surface area contributed by atoms with Crippen LogP contribution in [0, 0.1) is 11.8 Å². The van der Waals surface area contributed by atoms with Gasteiger partial charge in [0.1, 0.15) is 6.33 Å². The van der Waals surface area contributed by atoms with Crippen molar-refractivity contribution in [2.75, 3.05) is 6.61 Å². The van der Waals surface area contributed by atoms with Crippen molar-refractivity contribution in [2.45, 2.75) is 16.5 Å². The topological polar surface area (TPSA) is 46.0 Å². The monoisotopic (exact) mass is 276 g/mol. The minimum Gasteiger partial charge on any atom is -0.395 e. The van der Waals surface area contributed by atoms with Crippen molar-refractivity contribution in [2.24, 2.45) is 0 Å². The van der Waals surface area contributed by atoms with Crippen molar-refractivity contribution in [3.63, 3.8) is 0 Å². The zero-order chi connectivity index (χ0) is 12.6. The summed E-state index contributed by atoms with van der Waals surface area (Å²) >= 11 is 3.10. The van der Waals surface area contributed by atoms with Gasteiger partial charge in [-0.2, -0.15) is 4.37 Å². The molecule has 0 aliphatic carbocycles. The normalized spacial score (nSPS) is 9.83. The first-order chi connectivity index (χ1) is 8.88. The smallest absolute Gasteiger partial charge is 0.170 e. The van der Waals surface area contributed by atoms with Crippen LogP contribution < -0.4 is 0 Å². The van der Waals surface area contributed by atoms with E-state index < -0.39 is 0 Å². The van der Waals surface area contributed by atoms with Crippen molar-refractivity contribution in [3.8, 4) is 11.8 Å². The van der Waals surface area contributed by atoms with Gasteiger partial charge in [0.25, 0.3) is 0 Å². The molecule has 5 heteroatoms. The summed E-state index contributed by atoms with van der Waals surface area (Å²) in [4.78, 5) is 4.12. The maximum atomic E-state index is 8.63. The number of rotatable bonds is 4. The summed E-state index contributed by atoms with van der Waals surface area (Å²) < 4.78 is 4.95. The van der Waals surface area contributed by atoms with Crippen LogP contribution in [-0.2, 0) is 5.75 Å². The largest absolute Gasteiger partial charge is 0.395 e. The average Bonchev–Trinajstić information content (AvgIpc) is 2.91. The Morgan fingerprint density at radius 3 is 2.78 bits per heavy atom. The molecule has 0 bridgehead atoms. The molecule has 0 atom stereocenters. The third kappa shape index (κ3) is 4.15. The SMILES string of the molecule is OCCC#Cc1ccc(CSc2ncns2)cc1. The lowest BCUT2D eigenvalue weighted by Gasteiger charge is -1.98. The molecule has 2 aromatic rings. The van der Waals surface area contributed by atoms with Gasteiger partial charge in [0, 0.05) is 17.7 Å². The Bertz CT molecular complexity index is 526. The fraction of sp³-hybridized carbons (Fsp3) is 0.231. The number of hydrogen-bond acceptors (Lipinski definition) is 5. The lowest BCUT2D eigenvalue weighted by Crippen LogP contribution is -1.82. The Morgan fingerprint density at radius 2 is 2.11 bits per heavy atom. The molecule has 0 amide bonds. The molecule has 2 rings (SSSR count). The van der Waals surface area contributed by atoms with Crippen molar-refractivity contribution >= 4 is 23.3 Å². The van der Waals surface area contributed by atoms with E-state index in [1.807, 2.05) is 12.1 Å². The molecule has 1 aromatic heterocycles. The summed E-state index contributed by atoms with van der Waals surface area (Å²) in [5, 5.41) is 8.63. The van der Waals surface area contributed by atoms with Crippen LogP contribution in [0.4, 0.5) is 0 Å². The van der Waals surface area contributed by atoms with Crippen molar-refractivity contribution in [1.29, 1.82) is 0 Å². The predicted octanol–water partition coefficient (Wildman–Crippen LogP) is 2.56. The highest BCUT2D eigenvalue weighted by Gasteiger charge is 1.99. The number of aliphatic hydroxyl groups is 1. The van der Waals surface area contributed by atoms with Crippen molar-refractivity contribution in [3.05, 3.63) is 41.7 Å². The summed E-state index contributed by atoms with van der Waals surface area (Å²) in [5.74, 6) is 6.80. The highest BCUT2D eigenvalue weighted by atomic mass is 32.2. The molecule has 0 radical (unpaired) electrons. The van der Waals surface area contributed by atoms with Crippen LogP contribution in [0.2, 0.25) is 0 Å². The number of thioether (sulfide) groups is 1. The molecule has 1 N–H and O–H groups in total. The van der Waals surface area contributed by atoms with Gasteiger partial charge in [-0.1, -0.05) is 35.7 Å². The second-order valence-corrected chi connectivity index (χ2v) is 5.47. The summed E-state index contributed by atoms with van der Waals surface area (Å²) in [6, 6.07) is 8.13. The zero-order valence-corrected chi connectivity index (χ0v) is 11.3. The van der Waals surface area contributed by atoms with Gasteiger partial charge in [0.2, 0.25) is 0 Å². The Balaban J connectivity index is 1.90. The lowest BCUT2D eigenvalue weighted by atomic mass is 10.1. The van der Waals surface area contributed by atoms with E-state index >= 15 is 0 Å². The molecule has 92 valence electrons. The Hall–Kier alpha value is -1.35. The van der Waals surface area contributed by atoms with Gasteiger partial charge in [-0.25, -0.2) is 4.98 Å². The highest BCUT2D eigenvalue weighted by molar-refractivity contribution is 8.00. The van der Waals surface area contributed by atoms with E-state index in [1.165, 1.54) is 17.1 Å². The van der Waals surface area contributed by atoms with E-state index in [1.54, 1.807) is 18.1 Å². The van der Waals surface area contributed by atoms with Crippen molar-refractivity contribution in [1.82, 2.24) is 9.36 Å². The summed E-state index contributed by atoms with van der Waals surface area (Å²) in [5.41, 5.74) is 2.22. The van der Waals surface area contributed by atoms with Crippen LogP contribution in [0.3, 0.4) is 0 Å². The van der Waals surface area contributed by atoms with Crippen LogP contribution in [0.25, 0.3) is 0 Å². The lowest BCUT2D eigenvalue weighted by molar-refractivity contribution is 0.305. The molecule has 0 spiro atoms. The quantitative estimate of drug-likeness (QED) is 0.688. The number of aromatic nitrogens is 2. The second kappa shape index (κ2) is 7.17. The molecule has 3 nitrogen and oxygen atoms in total. The molecular formula is C13H12N2OS2. The van der Waals surface area contributed by atoms with Gasteiger partial charge in [0.15, 0.2) is 4.34 Å². The Morgan fingerprint density at radius 1 is 1.28 bits per heavy atom. The molecule has 1 aromatic carbocycles. The van der Waals surface area contributed by atoms with E-state index in [-0.39, 0.29) is 6.61 Å². The van der Waals surface area contributed by atoms with Crippen LogP contribution in [0.15, 0.2) is 34.9 Å². The molecule has 0 aliphatic heterocycles. The Kier molecular flexibility index (Phi) is 5.21. The number of benzene rings is 1. The van der Waals surface area contributed by atoms with Gasteiger partial charge in [-0.15, -0.1) is 0 Å². The van der Waals surface area contributed by atoms with E-state index in [0.29, 0.717) is 6.42 Å². The zero-order valence-electron chi connectivity index (χ0n) is 9.67. The number of hydrogen-bond donors (Lipinski definition) is 1. The van der Waals surface area contributed by atoms with Crippen molar-refractivity contribution < 1.29 is 5.11 Å². The first kappa shape index (κ1) is 13.1. The van der Waals surface area contributed by atoms with Gasteiger partial charge >= 0.3 is 0 Å². The summed E-state index contributed by atoms with van der Waals surface area (Å²) in [6.07, 6.45) is 2.10. The summed E-state index contributed by atoms with van der Waals surface area (Å²) in [6.45, 7) is 0.115. The van der Waals surface area contributed by atoms with E-state index in [4.69, 9.17) is 5.11 Å². The molecule has 18 heavy (non-hydrogen) atoms. The van der Waals surface area contributed by atoms with Gasteiger partial charge < -0.3 is 5.11 Å². The first-order valence-corrected chi connectivity index (χ1v) is 7.22. The minimum atomic E-state index is 0.115. The van der Waals surface area contributed by atoms with Crippen LogP contribution in [-0.4, -0.2) is 21.1 Å². The third-order valence-electron chi connectivity index (χ3n) is 2.13. The number of aliphatic hydroxyl groups excluding tert-OH is 1. The second-order valence-electron chi connectivity index (χ2n) is 3.47. The maximum Gasteiger partial charge on any atom is 0.170 e. The minimum absolute atomic E-state index is 0.115. The number of nitrogens with zero attached hydrogens (tertiary/aromatic N) is 2. The first-order valence-electron chi connectivity index (χ1n) is 5.46. The van der Waals surface area contributed by atoms with Crippen LogP contribution in [0.1, 0.15) is 17.5 Å². The molecular weight excluding hydrogens is 264 g/mol. The predicted molar refractivity (Wildman–Crippen MR) is 74.5 cm³/mol. The summed E-state index contributed by atoms with van der Waals surface area (Å²) in [7, 11) is 0. The maximum absolute atomic E-state index is 8.63. The van der Waals surface area contributed by atoms with Crippen LogP contribution >= 0.6 is 23.3 Å². The molecule has 0 saturated heterocycles. The standard InChI is InChI=1S/C13H12N2OS2/c16-8-2-1-3-11-4-6-12(7-5-11)9-17-13-14-10-15-18-13/h4-7,10,16H,2,8-9H2. The van der Waals surface area contributed by atoms with E-state index in [0.717, 1.165) is 15.7 Å². The molecule has 0 saturated carbocycles. The highest BCUT2D eigenvalue weighted by Crippen LogP contribution is 2.23. The Labute approximate surface area is 114 Å². The van der Waals surface area contributed by atoms with E-state index in [2.05, 4.69) is 33.3 Å². The molecule has 0 unspecified atom stereocenters. The molecule has 0 aliphatic rings.